The molecule has 0 N–H and O–H groups in total. The predicted octanol–water partition coefficient (Wildman–Crippen LogP) is 3.28. The van der Waals surface area contributed by atoms with E-state index in [1.165, 1.54) is 4.57 Å². The summed E-state index contributed by atoms with van der Waals surface area (Å²) < 4.78 is 1.53. The number of hydrogen-bond acceptors (Lipinski definition) is 3. The highest BCUT2D eigenvalue weighted by Crippen LogP contribution is 2.13. The Balaban J connectivity index is 1.92. The van der Waals surface area contributed by atoms with Crippen LogP contribution in [0.5, 0.6) is 0 Å². The van der Waals surface area contributed by atoms with E-state index in [1.54, 1.807) is 24.3 Å². The van der Waals surface area contributed by atoms with E-state index in [2.05, 4.69) is 4.98 Å². The molecule has 5 nitrogen and oxygen atoms in total. The van der Waals surface area contributed by atoms with Crippen molar-refractivity contribution in [2.24, 2.45) is 7.05 Å². The molecule has 28 heavy (non-hydrogen) atoms. The van der Waals surface area contributed by atoms with Crippen LogP contribution in [-0.2, 0) is 20.0 Å². The van der Waals surface area contributed by atoms with Gasteiger partial charge < -0.3 is 9.47 Å². The normalized spacial score (nSPS) is 10.7. The van der Waals surface area contributed by atoms with Crippen LogP contribution in [-0.4, -0.2) is 26.9 Å². The number of rotatable bonds is 6. The Bertz CT molecular complexity index is 1010. The Morgan fingerprint density at radius 1 is 1.07 bits per heavy atom. The van der Waals surface area contributed by atoms with Gasteiger partial charge in [-0.1, -0.05) is 36.4 Å². The Morgan fingerprint density at radius 2 is 1.79 bits per heavy atom. The monoisotopic (exact) mass is 375 g/mol. The van der Waals surface area contributed by atoms with Crippen LogP contribution in [0.25, 0.3) is 0 Å². The second-order valence-corrected chi connectivity index (χ2v) is 7.03. The van der Waals surface area contributed by atoms with Crippen molar-refractivity contribution in [3.05, 3.63) is 99.2 Å². The average Bonchev–Trinajstić information content (AvgIpc) is 2.71. The molecule has 1 aromatic carbocycles. The quantitative estimate of drug-likeness (QED) is 0.664. The van der Waals surface area contributed by atoms with Crippen molar-refractivity contribution in [2.75, 3.05) is 6.54 Å². The zero-order valence-electron chi connectivity index (χ0n) is 16.6. The van der Waals surface area contributed by atoms with Gasteiger partial charge in [0, 0.05) is 38.2 Å². The summed E-state index contributed by atoms with van der Waals surface area (Å²) in [6.45, 7) is 4.62. The van der Waals surface area contributed by atoms with Crippen molar-refractivity contribution in [1.82, 2.24) is 14.5 Å². The van der Waals surface area contributed by atoms with Crippen molar-refractivity contribution in [2.45, 2.75) is 26.8 Å². The largest absolute Gasteiger partial charge is 0.334 e. The molecule has 0 aliphatic rings. The summed E-state index contributed by atoms with van der Waals surface area (Å²) >= 11 is 0. The van der Waals surface area contributed by atoms with Crippen molar-refractivity contribution in [3.8, 4) is 0 Å². The molecular formula is C23H25N3O2. The topological polar surface area (TPSA) is 55.2 Å². The van der Waals surface area contributed by atoms with Gasteiger partial charge in [0.25, 0.3) is 11.5 Å². The minimum atomic E-state index is -0.251. The molecule has 0 radical (unpaired) electrons. The van der Waals surface area contributed by atoms with Gasteiger partial charge in [-0.05, 0) is 49.1 Å². The molecule has 2 heterocycles. The lowest BCUT2D eigenvalue weighted by molar-refractivity contribution is 0.0741. The Labute approximate surface area is 165 Å². The van der Waals surface area contributed by atoms with Gasteiger partial charge in [0.05, 0.1) is 0 Å². The Morgan fingerprint density at radius 3 is 2.46 bits per heavy atom. The van der Waals surface area contributed by atoms with Crippen LogP contribution in [0, 0.1) is 13.8 Å². The van der Waals surface area contributed by atoms with Crippen LogP contribution in [0.2, 0.25) is 0 Å². The maximum absolute atomic E-state index is 13.4. The first-order chi connectivity index (χ1) is 13.5. The van der Waals surface area contributed by atoms with E-state index in [1.807, 2.05) is 62.4 Å². The highest BCUT2D eigenvalue weighted by molar-refractivity contribution is 5.95. The van der Waals surface area contributed by atoms with Crippen LogP contribution < -0.4 is 5.56 Å². The van der Waals surface area contributed by atoms with Crippen molar-refractivity contribution in [3.63, 3.8) is 0 Å². The lowest BCUT2D eigenvalue weighted by Crippen LogP contribution is -2.38. The maximum Gasteiger partial charge on any atom is 0.263 e. The van der Waals surface area contributed by atoms with Crippen LogP contribution >= 0.6 is 0 Å². The number of amides is 1. The molecule has 0 fully saturated rings. The van der Waals surface area contributed by atoms with E-state index in [0.717, 1.165) is 23.2 Å². The molecule has 0 aliphatic carbocycles. The fourth-order valence-electron chi connectivity index (χ4n) is 3.27. The summed E-state index contributed by atoms with van der Waals surface area (Å²) in [5.74, 6) is -0.238. The zero-order valence-corrected chi connectivity index (χ0v) is 16.6. The molecular weight excluding hydrogens is 350 g/mol. The van der Waals surface area contributed by atoms with Crippen molar-refractivity contribution >= 4 is 5.91 Å². The third-order valence-corrected chi connectivity index (χ3v) is 4.98. The number of hydrogen-bond donors (Lipinski definition) is 0. The minimum absolute atomic E-state index is 0.238. The minimum Gasteiger partial charge on any atom is -0.334 e. The van der Waals surface area contributed by atoms with Crippen molar-refractivity contribution < 1.29 is 4.79 Å². The van der Waals surface area contributed by atoms with Crippen LogP contribution in [0.1, 0.15) is 32.7 Å². The van der Waals surface area contributed by atoms with E-state index in [9.17, 15) is 9.59 Å². The van der Waals surface area contributed by atoms with Gasteiger partial charge in [-0.15, -0.1) is 0 Å². The molecule has 0 aliphatic heterocycles. The first-order valence-electron chi connectivity index (χ1n) is 9.36. The molecule has 3 aromatic rings. The van der Waals surface area contributed by atoms with E-state index in [4.69, 9.17) is 0 Å². The summed E-state index contributed by atoms with van der Waals surface area (Å²) in [4.78, 5) is 32.0. The molecule has 0 bridgehead atoms. The Hall–Kier alpha value is -3.21. The van der Waals surface area contributed by atoms with E-state index in [0.29, 0.717) is 18.7 Å². The second-order valence-electron chi connectivity index (χ2n) is 7.03. The number of carbonyl (C=O) groups is 1. The predicted molar refractivity (Wildman–Crippen MR) is 110 cm³/mol. The van der Waals surface area contributed by atoms with Gasteiger partial charge in [-0.3, -0.25) is 14.6 Å². The zero-order chi connectivity index (χ0) is 20.1. The summed E-state index contributed by atoms with van der Waals surface area (Å²) in [5.41, 5.74) is 3.62. The lowest BCUT2D eigenvalue weighted by Gasteiger charge is -2.24. The van der Waals surface area contributed by atoms with Gasteiger partial charge in [0.1, 0.15) is 5.56 Å². The molecule has 0 saturated heterocycles. The smallest absolute Gasteiger partial charge is 0.263 e. The van der Waals surface area contributed by atoms with E-state index >= 15 is 0 Å². The SMILES string of the molecule is Cc1cc(C)n(C)c(=O)c1C(=O)N(CCc1ccccc1)Cc1cccnc1. The first-order valence-corrected chi connectivity index (χ1v) is 9.36. The standard InChI is InChI=1S/C23H25N3O2/c1-17-14-18(2)25(3)22(27)21(17)23(28)26(16-20-10-7-12-24-15-20)13-11-19-8-5-4-6-9-19/h4-10,12,14-15H,11,13,16H2,1-3H3. The maximum atomic E-state index is 13.4. The number of nitrogens with zero attached hydrogens (tertiary/aromatic N) is 3. The fraction of sp³-hybridized carbons (Fsp3) is 0.261. The van der Waals surface area contributed by atoms with Gasteiger partial charge in [0.15, 0.2) is 0 Å². The number of pyridine rings is 2. The third-order valence-electron chi connectivity index (χ3n) is 4.98. The van der Waals surface area contributed by atoms with Gasteiger partial charge in [-0.2, -0.15) is 0 Å². The molecule has 3 rings (SSSR count). The second kappa shape index (κ2) is 8.65. The summed E-state index contributed by atoms with van der Waals surface area (Å²) in [6.07, 6.45) is 4.18. The summed E-state index contributed by atoms with van der Waals surface area (Å²) in [5, 5.41) is 0. The van der Waals surface area contributed by atoms with Gasteiger partial charge in [0.2, 0.25) is 0 Å². The van der Waals surface area contributed by atoms with Gasteiger partial charge >= 0.3 is 0 Å². The molecule has 144 valence electrons. The third kappa shape index (κ3) is 4.36. The molecule has 0 unspecified atom stereocenters. The number of aromatic nitrogens is 2. The number of benzene rings is 1. The molecule has 0 saturated carbocycles. The highest BCUT2D eigenvalue weighted by atomic mass is 16.2. The molecule has 5 heteroatoms. The first kappa shape index (κ1) is 19.5. The van der Waals surface area contributed by atoms with Crippen LogP contribution in [0.3, 0.4) is 0 Å². The Kier molecular flexibility index (Phi) is 6.04. The van der Waals surface area contributed by atoms with Gasteiger partial charge in [-0.25, -0.2) is 0 Å². The fourth-order valence-corrected chi connectivity index (χ4v) is 3.27. The van der Waals surface area contributed by atoms with Crippen LogP contribution in [0.15, 0.2) is 65.7 Å². The van der Waals surface area contributed by atoms with E-state index in [-0.39, 0.29) is 17.0 Å². The molecule has 2 aromatic heterocycles. The molecule has 0 spiro atoms. The number of carbonyl (C=O) groups excluding carboxylic acids is 1. The lowest BCUT2D eigenvalue weighted by atomic mass is 10.1. The van der Waals surface area contributed by atoms with Crippen molar-refractivity contribution in [1.29, 1.82) is 0 Å². The van der Waals surface area contributed by atoms with Crippen LogP contribution in [0.4, 0.5) is 0 Å². The summed E-state index contributed by atoms with van der Waals surface area (Å²) in [7, 11) is 1.70. The highest BCUT2D eigenvalue weighted by Gasteiger charge is 2.22. The number of aryl methyl sites for hydroxylation is 2. The molecule has 1 amide bonds. The average molecular weight is 375 g/mol. The summed E-state index contributed by atoms with van der Waals surface area (Å²) in [6, 6.07) is 15.7. The molecule has 0 atom stereocenters. The van der Waals surface area contributed by atoms with E-state index < -0.39 is 0 Å².